The summed E-state index contributed by atoms with van der Waals surface area (Å²) in [6.07, 6.45) is 0. The molecule has 2 nitrogen and oxygen atoms in total. The summed E-state index contributed by atoms with van der Waals surface area (Å²) in [6, 6.07) is 111. The number of nitrogens with zero attached hydrogens (tertiary/aromatic N) is 2. The lowest BCUT2D eigenvalue weighted by atomic mass is 9.83. The van der Waals surface area contributed by atoms with Crippen molar-refractivity contribution >= 4 is 97.5 Å². The van der Waals surface area contributed by atoms with E-state index in [0.29, 0.717) is 0 Å². The Hall–Kier alpha value is -10.8. The molecule has 2 aromatic heterocycles. The zero-order valence-electron chi connectivity index (χ0n) is 45.7. The number of fused-ring (bicyclic) bond motifs is 11. The monoisotopic (exact) mass is 1050 g/mol. The molecule has 0 unspecified atom stereocenters. The second kappa shape index (κ2) is 18.6. The van der Waals surface area contributed by atoms with E-state index in [9.17, 15) is 0 Å². The molecular formula is C81H52N2. The van der Waals surface area contributed by atoms with Gasteiger partial charge in [-0.25, -0.2) is 0 Å². The van der Waals surface area contributed by atoms with Crippen LogP contribution in [0.4, 0.5) is 0 Å². The first kappa shape index (κ1) is 47.1. The summed E-state index contributed by atoms with van der Waals surface area (Å²) < 4.78 is 4.96. The van der Waals surface area contributed by atoms with E-state index in [-0.39, 0.29) is 0 Å². The predicted molar refractivity (Wildman–Crippen MR) is 355 cm³/mol. The molecule has 15 aromatic carbocycles. The van der Waals surface area contributed by atoms with E-state index in [2.05, 4.69) is 313 Å². The predicted octanol–water partition coefficient (Wildman–Crippen LogP) is 22.3. The van der Waals surface area contributed by atoms with Gasteiger partial charge in [-0.2, -0.15) is 0 Å². The van der Waals surface area contributed by atoms with Gasteiger partial charge in [0.15, 0.2) is 0 Å². The van der Waals surface area contributed by atoms with Crippen LogP contribution < -0.4 is 0 Å². The molecule has 0 atom stereocenters. The van der Waals surface area contributed by atoms with Gasteiger partial charge in [0.1, 0.15) is 0 Å². The Morgan fingerprint density at radius 3 is 1.23 bits per heavy atom. The van der Waals surface area contributed by atoms with Crippen LogP contribution in [0.5, 0.6) is 0 Å². The highest BCUT2D eigenvalue weighted by Gasteiger charge is 2.24. The van der Waals surface area contributed by atoms with Gasteiger partial charge >= 0.3 is 0 Å². The van der Waals surface area contributed by atoms with E-state index in [1.807, 2.05) is 0 Å². The Labute approximate surface area is 480 Å². The molecule has 0 aliphatic carbocycles. The third-order valence-corrected chi connectivity index (χ3v) is 17.8. The van der Waals surface area contributed by atoms with E-state index in [1.165, 1.54) is 159 Å². The van der Waals surface area contributed by atoms with Crippen molar-refractivity contribution in [2.24, 2.45) is 0 Å². The third-order valence-electron chi connectivity index (χ3n) is 17.8. The summed E-state index contributed by atoms with van der Waals surface area (Å²) in [5.74, 6) is 0. The van der Waals surface area contributed by atoms with Crippen LogP contribution in [0.25, 0.3) is 164 Å². The summed E-state index contributed by atoms with van der Waals surface area (Å²) in [5.41, 5.74) is 20.6. The first-order valence-corrected chi connectivity index (χ1v) is 28.8. The fourth-order valence-corrected chi connectivity index (χ4v) is 14.3. The Morgan fingerprint density at radius 1 is 0.217 bits per heavy atom. The van der Waals surface area contributed by atoms with E-state index < -0.39 is 0 Å². The molecule has 17 rings (SSSR count). The number of benzene rings is 15. The van der Waals surface area contributed by atoms with E-state index in [0.717, 1.165) is 11.4 Å². The molecule has 386 valence electrons. The van der Waals surface area contributed by atoms with Gasteiger partial charge in [0.05, 0.1) is 27.8 Å². The molecule has 17 aromatic rings. The van der Waals surface area contributed by atoms with Crippen LogP contribution >= 0.6 is 0 Å². The first-order chi connectivity index (χ1) is 41.2. The normalized spacial score (nSPS) is 11.9. The molecule has 0 aliphatic rings. The zero-order valence-corrected chi connectivity index (χ0v) is 45.7. The lowest BCUT2D eigenvalue weighted by Crippen LogP contribution is -1.97. The fourth-order valence-electron chi connectivity index (χ4n) is 14.3. The molecule has 0 aliphatic heterocycles. The summed E-state index contributed by atoms with van der Waals surface area (Å²) >= 11 is 0. The minimum atomic E-state index is 1.15. The number of rotatable bonds is 7. The minimum Gasteiger partial charge on any atom is -0.309 e. The van der Waals surface area contributed by atoms with Crippen molar-refractivity contribution in [2.45, 2.75) is 6.92 Å². The lowest BCUT2D eigenvalue weighted by Gasteiger charge is -2.21. The summed E-state index contributed by atoms with van der Waals surface area (Å²) in [6.45, 7) is 2.27. The van der Waals surface area contributed by atoms with E-state index >= 15 is 0 Å². The van der Waals surface area contributed by atoms with Crippen LogP contribution in [0.3, 0.4) is 0 Å². The van der Waals surface area contributed by atoms with Crippen molar-refractivity contribution in [2.75, 3.05) is 0 Å². The molecule has 83 heavy (non-hydrogen) atoms. The van der Waals surface area contributed by atoms with Crippen molar-refractivity contribution in [3.8, 4) is 67.0 Å². The Bertz CT molecular complexity index is 5400. The van der Waals surface area contributed by atoms with E-state index in [4.69, 9.17) is 0 Å². The molecule has 0 saturated carbocycles. The van der Waals surface area contributed by atoms with Gasteiger partial charge in [-0.3, -0.25) is 0 Å². The fraction of sp³-hybridized carbons (Fsp3) is 0.0123. The molecule has 0 N–H and O–H groups in total. The summed E-state index contributed by atoms with van der Waals surface area (Å²) in [4.78, 5) is 0. The molecule has 0 amide bonds. The van der Waals surface area contributed by atoms with E-state index in [1.54, 1.807) is 0 Å². The van der Waals surface area contributed by atoms with Gasteiger partial charge in [0, 0.05) is 32.6 Å². The second-order valence-electron chi connectivity index (χ2n) is 22.2. The quantitative estimate of drug-likeness (QED) is 0.141. The maximum atomic E-state index is 2.52. The third kappa shape index (κ3) is 7.10. The maximum absolute atomic E-state index is 2.52. The van der Waals surface area contributed by atoms with Gasteiger partial charge in [-0.05, 0) is 165 Å². The largest absolute Gasteiger partial charge is 0.309 e. The molecular weight excluding hydrogens is 1000 g/mol. The van der Waals surface area contributed by atoms with Crippen LogP contribution in [0.2, 0.25) is 0 Å². The smallest absolute Gasteiger partial charge is 0.0547 e. The van der Waals surface area contributed by atoms with Gasteiger partial charge in [-0.15, -0.1) is 0 Å². The highest BCUT2D eigenvalue weighted by atomic mass is 15.0. The van der Waals surface area contributed by atoms with Gasteiger partial charge < -0.3 is 9.13 Å². The van der Waals surface area contributed by atoms with Gasteiger partial charge in [0.25, 0.3) is 0 Å². The van der Waals surface area contributed by atoms with Crippen molar-refractivity contribution in [1.29, 1.82) is 0 Å². The molecule has 0 fully saturated rings. The van der Waals surface area contributed by atoms with Gasteiger partial charge in [0.2, 0.25) is 0 Å². The SMILES string of the molecule is Cc1ccc(-n2c3ccccc3c3ccccc32)cc1-c1c2ccccc2c(-c2ccccc2)c2cc(-c3cccc4c3c3ccccc3n4-c3ccc(-c4c5ccccc5c(-c5ccccc5)c5ccccc45)c4ccccc34)ccc12. The highest BCUT2D eigenvalue weighted by molar-refractivity contribution is 6.26. The van der Waals surface area contributed by atoms with Crippen LogP contribution in [-0.2, 0) is 0 Å². The molecule has 0 bridgehead atoms. The molecule has 2 heteroatoms. The van der Waals surface area contributed by atoms with Crippen molar-refractivity contribution in [1.82, 2.24) is 9.13 Å². The lowest BCUT2D eigenvalue weighted by molar-refractivity contribution is 1.18. The van der Waals surface area contributed by atoms with Crippen LogP contribution in [0, 0.1) is 6.92 Å². The Balaban J connectivity index is 0.889. The second-order valence-corrected chi connectivity index (χ2v) is 22.2. The number of hydrogen-bond acceptors (Lipinski definition) is 0. The van der Waals surface area contributed by atoms with Gasteiger partial charge in [-0.1, -0.05) is 249 Å². The topological polar surface area (TPSA) is 9.86 Å². The number of hydrogen-bond donors (Lipinski definition) is 0. The summed E-state index contributed by atoms with van der Waals surface area (Å²) in [7, 11) is 0. The molecule has 0 spiro atoms. The average Bonchev–Trinajstić information content (AvgIpc) is 4.18. The highest BCUT2D eigenvalue weighted by Crippen LogP contribution is 2.50. The average molecular weight is 1050 g/mol. The maximum Gasteiger partial charge on any atom is 0.0547 e. The first-order valence-electron chi connectivity index (χ1n) is 28.8. The standard InChI is InChI=1S/C81H52N2/c1-51-43-45-55(82-72-39-19-16-29-59(72)60-30-17-20-40-73(60)82)50-70(51)80-66-36-15-12-33-63(66)78(53-25-6-3-7-26-53)71-49-54(44-46-68(71)80)56-38-22-42-76-81(56)69-37-18-21-41-74(69)83(76)75-48-47-67(57-27-8-9-28-58(57)75)79-64-34-13-10-31-61(64)77(52-23-4-2-5-24-52)62-32-11-14-35-65(62)79/h2-50H,1H3. The molecule has 0 saturated heterocycles. The Kier molecular flexibility index (Phi) is 10.6. The zero-order chi connectivity index (χ0) is 54.7. The Morgan fingerprint density at radius 2 is 0.651 bits per heavy atom. The molecule has 0 radical (unpaired) electrons. The number of aryl methyl sites for hydroxylation is 1. The minimum absolute atomic E-state index is 1.15. The number of aromatic nitrogens is 2. The van der Waals surface area contributed by atoms with Crippen molar-refractivity contribution < 1.29 is 0 Å². The molecule has 2 heterocycles. The van der Waals surface area contributed by atoms with Crippen molar-refractivity contribution in [3.63, 3.8) is 0 Å². The van der Waals surface area contributed by atoms with Crippen LogP contribution in [0.15, 0.2) is 297 Å². The number of para-hydroxylation sites is 3. The van der Waals surface area contributed by atoms with Crippen LogP contribution in [0.1, 0.15) is 5.56 Å². The summed E-state index contributed by atoms with van der Waals surface area (Å²) in [5, 5.41) is 17.3. The van der Waals surface area contributed by atoms with Crippen LogP contribution in [-0.4, -0.2) is 9.13 Å². The van der Waals surface area contributed by atoms with Crippen molar-refractivity contribution in [3.05, 3.63) is 303 Å².